The lowest BCUT2D eigenvalue weighted by Crippen LogP contribution is -2.36. The molecule has 1 atom stereocenters. The van der Waals surface area contributed by atoms with Crippen LogP contribution < -0.4 is 5.32 Å². The van der Waals surface area contributed by atoms with Crippen molar-refractivity contribution in [1.82, 2.24) is 5.32 Å². The van der Waals surface area contributed by atoms with E-state index < -0.39 is 0 Å². The number of hydrogen-bond acceptors (Lipinski definition) is 2. The Balaban J connectivity index is 1.83. The fourth-order valence-electron chi connectivity index (χ4n) is 2.88. The molecule has 0 aliphatic heterocycles. The predicted octanol–water partition coefficient (Wildman–Crippen LogP) is 4.47. The van der Waals surface area contributed by atoms with Gasteiger partial charge >= 0.3 is 0 Å². The van der Waals surface area contributed by atoms with Crippen LogP contribution in [0.2, 0.25) is 0 Å². The van der Waals surface area contributed by atoms with Crippen LogP contribution in [0.1, 0.15) is 45.1 Å². The van der Waals surface area contributed by atoms with Gasteiger partial charge in [0.25, 0.3) is 0 Å². The van der Waals surface area contributed by atoms with Gasteiger partial charge in [0.05, 0.1) is 0 Å². The van der Waals surface area contributed by atoms with Gasteiger partial charge in [-0.05, 0) is 48.6 Å². The Morgan fingerprint density at radius 3 is 2.61 bits per heavy atom. The highest BCUT2D eigenvalue weighted by atomic mass is 32.2. The number of nitrogens with one attached hydrogen (secondary N) is 1. The summed E-state index contributed by atoms with van der Waals surface area (Å²) in [5.41, 5.74) is 1.93. The minimum absolute atomic E-state index is 0.526. The zero-order valence-electron chi connectivity index (χ0n) is 11.8. The first kappa shape index (κ1) is 14.0. The maximum Gasteiger partial charge on any atom is 0.0208 e. The average Bonchev–Trinajstić information content (AvgIpc) is 2.36. The molecule has 0 saturated heterocycles. The van der Waals surface area contributed by atoms with Crippen molar-refractivity contribution in [3.63, 3.8) is 0 Å². The Hall–Kier alpha value is -0.470. The van der Waals surface area contributed by atoms with Crippen molar-refractivity contribution in [2.24, 2.45) is 5.41 Å². The smallest absolute Gasteiger partial charge is 0.0208 e. The highest BCUT2D eigenvalue weighted by molar-refractivity contribution is 7.98. The maximum atomic E-state index is 3.72. The van der Waals surface area contributed by atoms with Gasteiger partial charge in [0, 0.05) is 17.5 Å². The second kappa shape index (κ2) is 6.12. The van der Waals surface area contributed by atoms with Gasteiger partial charge in [-0.2, -0.15) is 0 Å². The van der Waals surface area contributed by atoms with Gasteiger partial charge in [0.2, 0.25) is 0 Å². The minimum Gasteiger partial charge on any atom is -0.310 e. The van der Waals surface area contributed by atoms with Crippen LogP contribution in [-0.4, -0.2) is 12.3 Å². The Morgan fingerprint density at radius 1 is 1.28 bits per heavy atom. The van der Waals surface area contributed by atoms with Crippen molar-refractivity contribution >= 4 is 11.8 Å². The summed E-state index contributed by atoms with van der Waals surface area (Å²) in [6.45, 7) is 5.80. The Bertz CT molecular complexity index is 369. The van der Waals surface area contributed by atoms with Gasteiger partial charge in [-0.15, -0.1) is 11.8 Å². The zero-order chi connectivity index (χ0) is 13.0. The van der Waals surface area contributed by atoms with Gasteiger partial charge in [-0.25, -0.2) is 0 Å². The van der Waals surface area contributed by atoms with E-state index in [0.29, 0.717) is 11.5 Å². The molecule has 1 saturated carbocycles. The van der Waals surface area contributed by atoms with Crippen molar-refractivity contribution in [2.45, 2.75) is 57.0 Å². The maximum absolute atomic E-state index is 3.72. The summed E-state index contributed by atoms with van der Waals surface area (Å²) in [6, 6.07) is 9.62. The van der Waals surface area contributed by atoms with Crippen LogP contribution in [0.15, 0.2) is 29.2 Å². The molecule has 1 fully saturated rings. The lowest BCUT2D eigenvalue weighted by Gasteiger charge is -2.35. The fraction of sp³-hybridized carbons (Fsp3) is 0.625. The molecule has 0 aromatic heterocycles. The van der Waals surface area contributed by atoms with E-state index in [-0.39, 0.29) is 0 Å². The van der Waals surface area contributed by atoms with Crippen molar-refractivity contribution in [1.29, 1.82) is 0 Å². The van der Waals surface area contributed by atoms with Gasteiger partial charge in [0.15, 0.2) is 0 Å². The monoisotopic (exact) mass is 263 g/mol. The molecule has 1 unspecified atom stereocenters. The van der Waals surface area contributed by atoms with Gasteiger partial charge in [-0.3, -0.25) is 0 Å². The summed E-state index contributed by atoms with van der Waals surface area (Å²) in [5, 5.41) is 3.72. The third-order valence-corrected chi connectivity index (χ3v) is 4.70. The molecule has 1 aromatic carbocycles. The highest BCUT2D eigenvalue weighted by Gasteiger charge is 2.27. The van der Waals surface area contributed by atoms with Gasteiger partial charge in [0.1, 0.15) is 0 Å². The van der Waals surface area contributed by atoms with E-state index in [1.54, 1.807) is 11.8 Å². The Kier molecular flexibility index (Phi) is 4.74. The number of benzene rings is 1. The van der Waals surface area contributed by atoms with Crippen LogP contribution in [0.25, 0.3) is 0 Å². The fourth-order valence-corrected chi connectivity index (χ4v) is 3.29. The van der Waals surface area contributed by atoms with Crippen LogP contribution in [0.3, 0.4) is 0 Å². The van der Waals surface area contributed by atoms with Crippen LogP contribution in [-0.2, 0) is 6.54 Å². The van der Waals surface area contributed by atoms with Crippen molar-refractivity contribution in [3.05, 3.63) is 29.8 Å². The van der Waals surface area contributed by atoms with Crippen LogP contribution in [0.4, 0.5) is 0 Å². The molecule has 1 aliphatic carbocycles. The summed E-state index contributed by atoms with van der Waals surface area (Å²) in [5.74, 6) is 0. The van der Waals surface area contributed by atoms with Crippen LogP contribution >= 0.6 is 11.8 Å². The van der Waals surface area contributed by atoms with E-state index in [9.17, 15) is 0 Å². The third-order valence-electron chi connectivity index (χ3n) is 3.96. The highest BCUT2D eigenvalue weighted by Crippen LogP contribution is 2.35. The van der Waals surface area contributed by atoms with Gasteiger partial charge < -0.3 is 5.32 Å². The quantitative estimate of drug-likeness (QED) is 0.805. The standard InChI is InChI=1S/C16H25NS/c1-16(2)10-4-5-14(11-16)17-12-13-6-8-15(18-3)9-7-13/h6-9,14,17H,4-5,10-12H2,1-3H3. The Morgan fingerprint density at radius 2 is 2.00 bits per heavy atom. The number of hydrogen-bond donors (Lipinski definition) is 1. The van der Waals surface area contributed by atoms with Crippen LogP contribution in [0.5, 0.6) is 0 Å². The molecule has 0 heterocycles. The largest absolute Gasteiger partial charge is 0.310 e. The normalized spacial score (nSPS) is 22.9. The van der Waals surface area contributed by atoms with E-state index in [1.165, 1.54) is 36.1 Å². The molecule has 0 radical (unpaired) electrons. The summed E-state index contributed by atoms with van der Waals surface area (Å²) in [6.07, 6.45) is 7.53. The first-order valence-corrected chi connectivity index (χ1v) is 8.18. The predicted molar refractivity (Wildman–Crippen MR) is 81.1 cm³/mol. The molecule has 2 rings (SSSR count). The molecule has 0 bridgehead atoms. The molecule has 2 heteroatoms. The second-order valence-corrected chi connectivity index (χ2v) is 7.07. The summed E-state index contributed by atoms with van der Waals surface area (Å²) in [7, 11) is 0. The molecule has 1 aromatic rings. The molecular weight excluding hydrogens is 238 g/mol. The van der Waals surface area contributed by atoms with E-state index in [0.717, 1.165) is 6.54 Å². The van der Waals surface area contributed by atoms with E-state index >= 15 is 0 Å². The lowest BCUT2D eigenvalue weighted by atomic mass is 9.75. The summed E-state index contributed by atoms with van der Waals surface area (Å²) < 4.78 is 0. The first-order chi connectivity index (χ1) is 8.59. The first-order valence-electron chi connectivity index (χ1n) is 6.95. The average molecular weight is 263 g/mol. The SMILES string of the molecule is CSc1ccc(CNC2CCCC(C)(C)C2)cc1. The third kappa shape index (κ3) is 4.03. The van der Waals surface area contributed by atoms with Crippen molar-refractivity contribution < 1.29 is 0 Å². The summed E-state index contributed by atoms with van der Waals surface area (Å²) in [4.78, 5) is 1.34. The number of rotatable bonds is 4. The second-order valence-electron chi connectivity index (χ2n) is 6.19. The molecule has 100 valence electrons. The van der Waals surface area contributed by atoms with Crippen molar-refractivity contribution in [3.8, 4) is 0 Å². The molecule has 1 nitrogen and oxygen atoms in total. The van der Waals surface area contributed by atoms with E-state index in [1.807, 2.05) is 0 Å². The van der Waals surface area contributed by atoms with E-state index in [2.05, 4.69) is 49.7 Å². The topological polar surface area (TPSA) is 12.0 Å². The van der Waals surface area contributed by atoms with Crippen molar-refractivity contribution in [2.75, 3.05) is 6.26 Å². The number of thioether (sulfide) groups is 1. The molecule has 0 spiro atoms. The summed E-state index contributed by atoms with van der Waals surface area (Å²) >= 11 is 1.80. The molecule has 1 aliphatic rings. The molecular formula is C16H25NS. The van der Waals surface area contributed by atoms with E-state index in [4.69, 9.17) is 0 Å². The lowest BCUT2D eigenvalue weighted by molar-refractivity contribution is 0.198. The Labute approximate surface area is 116 Å². The van der Waals surface area contributed by atoms with Crippen LogP contribution in [0, 0.1) is 5.41 Å². The zero-order valence-corrected chi connectivity index (χ0v) is 12.6. The minimum atomic E-state index is 0.526. The molecule has 1 N–H and O–H groups in total. The van der Waals surface area contributed by atoms with Gasteiger partial charge in [-0.1, -0.05) is 32.4 Å². The molecule has 0 amide bonds. The molecule has 18 heavy (non-hydrogen) atoms.